The van der Waals surface area contributed by atoms with Gasteiger partial charge in [0.15, 0.2) is 0 Å². The van der Waals surface area contributed by atoms with E-state index in [1.54, 1.807) is 0 Å². The lowest BCUT2D eigenvalue weighted by atomic mass is 10.0. The van der Waals surface area contributed by atoms with E-state index in [1.807, 2.05) is 18.3 Å². The highest BCUT2D eigenvalue weighted by Gasteiger charge is 2.37. The molecule has 4 nitrogen and oxygen atoms in total. The second-order valence-electron chi connectivity index (χ2n) is 6.34. The van der Waals surface area contributed by atoms with E-state index in [1.165, 1.54) is 19.3 Å². The highest BCUT2D eigenvalue weighted by Crippen LogP contribution is 2.25. The molecule has 0 spiro atoms. The molecule has 1 atom stereocenters. The highest BCUT2D eigenvalue weighted by atomic mass is 16.3. The first-order valence-corrected chi connectivity index (χ1v) is 7.81. The van der Waals surface area contributed by atoms with Crippen molar-refractivity contribution in [2.45, 2.75) is 37.8 Å². The quantitative estimate of drug-likeness (QED) is 0.904. The number of hydrogen-bond acceptors (Lipinski definition) is 4. The summed E-state index contributed by atoms with van der Waals surface area (Å²) in [6, 6.07) is 6.03. The maximum Gasteiger partial charge on any atom is 0.0912 e. The Morgan fingerprint density at radius 3 is 2.70 bits per heavy atom. The van der Waals surface area contributed by atoms with Crippen LogP contribution in [0.3, 0.4) is 0 Å². The van der Waals surface area contributed by atoms with Gasteiger partial charge in [-0.3, -0.25) is 9.88 Å². The highest BCUT2D eigenvalue weighted by molar-refractivity contribution is 5.04. The molecule has 3 rings (SSSR count). The molecule has 2 saturated heterocycles. The van der Waals surface area contributed by atoms with Crippen molar-refractivity contribution >= 4 is 0 Å². The molecule has 0 radical (unpaired) electrons. The number of likely N-dealkylation sites (tertiary alicyclic amines) is 2. The van der Waals surface area contributed by atoms with Gasteiger partial charge in [0.25, 0.3) is 0 Å². The Balaban J connectivity index is 1.52. The summed E-state index contributed by atoms with van der Waals surface area (Å²) in [6.07, 6.45) is 6.64. The molecular formula is C16H25N3O. The smallest absolute Gasteiger partial charge is 0.0912 e. The molecule has 1 N–H and O–H groups in total. The van der Waals surface area contributed by atoms with Gasteiger partial charge in [-0.2, -0.15) is 0 Å². The third-order valence-electron chi connectivity index (χ3n) is 4.49. The third-order valence-corrected chi connectivity index (χ3v) is 4.49. The molecule has 110 valence electrons. The number of hydrogen-bond donors (Lipinski definition) is 1. The lowest BCUT2D eigenvalue weighted by Crippen LogP contribution is -2.46. The fourth-order valence-electron chi connectivity index (χ4n) is 3.46. The summed E-state index contributed by atoms with van der Waals surface area (Å²) in [5.41, 5.74) is 0.571. The zero-order chi connectivity index (χ0) is 13.8. The van der Waals surface area contributed by atoms with Gasteiger partial charge < -0.3 is 10.0 Å². The van der Waals surface area contributed by atoms with Crippen LogP contribution < -0.4 is 0 Å². The Labute approximate surface area is 121 Å². The van der Waals surface area contributed by atoms with Crippen LogP contribution in [0.5, 0.6) is 0 Å². The standard InChI is InChI=1S/C16H25N3O/c20-16(13-18-9-4-1-5-10-18)7-11-19(14-16)12-15-6-2-3-8-17-15/h2-3,6,8,20H,1,4-5,7,9-14H2/t16-/m0/s1. The molecule has 2 aliphatic rings. The van der Waals surface area contributed by atoms with E-state index in [-0.39, 0.29) is 0 Å². The zero-order valence-corrected chi connectivity index (χ0v) is 12.2. The second kappa shape index (κ2) is 6.20. The summed E-state index contributed by atoms with van der Waals surface area (Å²) in [7, 11) is 0. The summed E-state index contributed by atoms with van der Waals surface area (Å²) >= 11 is 0. The molecule has 20 heavy (non-hydrogen) atoms. The van der Waals surface area contributed by atoms with Crippen LogP contribution in [0.15, 0.2) is 24.4 Å². The van der Waals surface area contributed by atoms with Gasteiger partial charge in [0.2, 0.25) is 0 Å². The SMILES string of the molecule is O[C@]1(CN2CCCCC2)CCN(Cc2ccccn2)C1. The van der Waals surface area contributed by atoms with Gasteiger partial charge in [-0.15, -0.1) is 0 Å². The minimum absolute atomic E-state index is 0.522. The number of piperidine rings is 1. The van der Waals surface area contributed by atoms with Crippen molar-refractivity contribution in [3.05, 3.63) is 30.1 Å². The van der Waals surface area contributed by atoms with Crippen LogP contribution in [-0.2, 0) is 6.54 Å². The normalized spacial score (nSPS) is 28.9. The van der Waals surface area contributed by atoms with E-state index in [0.29, 0.717) is 0 Å². The topological polar surface area (TPSA) is 39.6 Å². The molecule has 0 bridgehead atoms. The molecule has 1 aromatic heterocycles. The molecule has 0 unspecified atom stereocenters. The van der Waals surface area contributed by atoms with E-state index in [4.69, 9.17) is 0 Å². The van der Waals surface area contributed by atoms with Crippen molar-refractivity contribution in [3.8, 4) is 0 Å². The number of β-amino-alcohol motifs (C(OH)–C–C–N with tert-alkyl or cyclic N) is 1. The van der Waals surface area contributed by atoms with Crippen LogP contribution in [0, 0.1) is 0 Å². The van der Waals surface area contributed by atoms with Crippen molar-refractivity contribution < 1.29 is 5.11 Å². The number of nitrogens with zero attached hydrogens (tertiary/aromatic N) is 3. The van der Waals surface area contributed by atoms with Crippen LogP contribution in [0.2, 0.25) is 0 Å². The average molecular weight is 275 g/mol. The van der Waals surface area contributed by atoms with Crippen LogP contribution >= 0.6 is 0 Å². The van der Waals surface area contributed by atoms with Crippen LogP contribution in [0.4, 0.5) is 0 Å². The van der Waals surface area contributed by atoms with Gasteiger partial charge in [-0.05, 0) is 44.5 Å². The first kappa shape index (κ1) is 14.0. The first-order chi connectivity index (χ1) is 9.73. The van der Waals surface area contributed by atoms with Gasteiger partial charge in [0.1, 0.15) is 0 Å². The van der Waals surface area contributed by atoms with E-state index in [9.17, 15) is 5.11 Å². The van der Waals surface area contributed by atoms with Crippen molar-refractivity contribution in [2.24, 2.45) is 0 Å². The van der Waals surface area contributed by atoms with Crippen LogP contribution in [-0.4, -0.2) is 58.2 Å². The maximum atomic E-state index is 10.8. The summed E-state index contributed by atoms with van der Waals surface area (Å²) in [5.74, 6) is 0. The van der Waals surface area contributed by atoms with Crippen molar-refractivity contribution in [1.29, 1.82) is 0 Å². The van der Waals surface area contributed by atoms with Crippen molar-refractivity contribution in [2.75, 3.05) is 32.7 Å². The van der Waals surface area contributed by atoms with E-state index < -0.39 is 5.60 Å². The fraction of sp³-hybridized carbons (Fsp3) is 0.688. The predicted octanol–water partition coefficient (Wildman–Crippen LogP) is 1.50. The van der Waals surface area contributed by atoms with Crippen molar-refractivity contribution in [1.82, 2.24) is 14.8 Å². The molecule has 2 fully saturated rings. The number of rotatable bonds is 4. The molecule has 0 saturated carbocycles. The number of aliphatic hydroxyl groups is 1. The minimum atomic E-state index is -0.522. The number of aromatic nitrogens is 1. The van der Waals surface area contributed by atoms with E-state index >= 15 is 0 Å². The Morgan fingerprint density at radius 2 is 1.95 bits per heavy atom. The average Bonchev–Trinajstić information content (AvgIpc) is 2.82. The van der Waals surface area contributed by atoms with E-state index in [0.717, 1.165) is 51.4 Å². The minimum Gasteiger partial charge on any atom is -0.387 e. The summed E-state index contributed by atoms with van der Waals surface area (Å²) < 4.78 is 0. The van der Waals surface area contributed by atoms with Gasteiger partial charge in [-0.25, -0.2) is 0 Å². The fourth-order valence-corrected chi connectivity index (χ4v) is 3.46. The summed E-state index contributed by atoms with van der Waals surface area (Å²) in [5, 5.41) is 10.8. The Morgan fingerprint density at radius 1 is 1.10 bits per heavy atom. The molecule has 0 aromatic carbocycles. The van der Waals surface area contributed by atoms with Gasteiger partial charge >= 0.3 is 0 Å². The van der Waals surface area contributed by atoms with Crippen molar-refractivity contribution in [3.63, 3.8) is 0 Å². The lowest BCUT2D eigenvalue weighted by Gasteiger charge is -2.33. The first-order valence-electron chi connectivity index (χ1n) is 7.81. The van der Waals surface area contributed by atoms with Gasteiger partial charge in [0.05, 0.1) is 11.3 Å². The van der Waals surface area contributed by atoms with Gasteiger partial charge in [-0.1, -0.05) is 12.5 Å². The van der Waals surface area contributed by atoms with E-state index in [2.05, 4.69) is 20.9 Å². The van der Waals surface area contributed by atoms with Gasteiger partial charge in [0, 0.05) is 32.4 Å². The maximum absolute atomic E-state index is 10.8. The second-order valence-corrected chi connectivity index (χ2v) is 6.34. The van der Waals surface area contributed by atoms with Crippen LogP contribution in [0.1, 0.15) is 31.4 Å². The summed E-state index contributed by atoms with van der Waals surface area (Å²) in [4.78, 5) is 9.14. The largest absolute Gasteiger partial charge is 0.387 e. The molecule has 1 aromatic rings. The molecule has 3 heterocycles. The molecule has 4 heteroatoms. The van der Waals surface area contributed by atoms with Crippen LogP contribution in [0.25, 0.3) is 0 Å². The monoisotopic (exact) mass is 275 g/mol. The predicted molar refractivity (Wildman–Crippen MR) is 79.4 cm³/mol. The molecule has 2 aliphatic heterocycles. The lowest BCUT2D eigenvalue weighted by molar-refractivity contribution is 0.00627. The molecule has 0 amide bonds. The number of pyridine rings is 1. The Kier molecular flexibility index (Phi) is 4.34. The Hall–Kier alpha value is -0.970. The third kappa shape index (κ3) is 3.57. The zero-order valence-electron chi connectivity index (χ0n) is 12.2. The molecule has 0 aliphatic carbocycles. The Bertz CT molecular complexity index is 419. The summed E-state index contributed by atoms with van der Waals surface area (Å²) in [6.45, 7) is 5.75. The molecular weight excluding hydrogens is 250 g/mol.